The molecule has 0 aliphatic rings. The van der Waals surface area contributed by atoms with E-state index in [9.17, 15) is 21.6 Å². The number of benzene rings is 2. The van der Waals surface area contributed by atoms with Gasteiger partial charge in [0.15, 0.2) is 5.76 Å². The first-order chi connectivity index (χ1) is 13.1. The Morgan fingerprint density at radius 3 is 2.46 bits per heavy atom. The molecule has 0 saturated heterocycles. The molecule has 6 nitrogen and oxygen atoms in total. The van der Waals surface area contributed by atoms with Crippen LogP contribution in [-0.2, 0) is 16.2 Å². The number of aryl methyl sites for hydroxylation is 1. The molecule has 1 N–H and O–H groups in total. The summed E-state index contributed by atoms with van der Waals surface area (Å²) in [6.45, 7) is 1.74. The molecule has 0 bridgehead atoms. The van der Waals surface area contributed by atoms with Gasteiger partial charge >= 0.3 is 6.18 Å². The van der Waals surface area contributed by atoms with Crippen molar-refractivity contribution in [3.05, 3.63) is 59.8 Å². The van der Waals surface area contributed by atoms with Gasteiger partial charge in [0.25, 0.3) is 10.0 Å². The maximum Gasteiger partial charge on any atom is 0.416 e. The molecule has 28 heavy (non-hydrogen) atoms. The van der Waals surface area contributed by atoms with E-state index >= 15 is 0 Å². The Morgan fingerprint density at radius 1 is 1.11 bits per heavy atom. The zero-order valence-corrected chi connectivity index (χ0v) is 15.6. The molecular weight excluding hydrogens is 397 g/mol. The number of rotatable bonds is 5. The Kier molecular flexibility index (Phi) is 5.07. The molecule has 0 aliphatic carbocycles. The molecule has 2 aromatic carbocycles. The van der Waals surface area contributed by atoms with E-state index in [2.05, 4.69) is 9.88 Å². The van der Waals surface area contributed by atoms with Crippen molar-refractivity contribution in [1.82, 2.24) is 5.16 Å². The van der Waals surface area contributed by atoms with Crippen molar-refractivity contribution in [2.45, 2.75) is 18.0 Å². The number of sulfonamides is 1. The second-order valence-electron chi connectivity index (χ2n) is 5.88. The number of aromatic nitrogens is 1. The Labute approximate surface area is 159 Å². The van der Waals surface area contributed by atoms with Gasteiger partial charge in [-0.2, -0.15) is 13.2 Å². The summed E-state index contributed by atoms with van der Waals surface area (Å²) in [5.41, 5.74) is 0.00913. The fraction of sp³-hybridized carbons (Fsp3) is 0.167. The minimum atomic E-state index is -4.59. The molecule has 0 saturated carbocycles. The lowest BCUT2D eigenvalue weighted by atomic mass is 10.1. The van der Waals surface area contributed by atoms with Gasteiger partial charge in [-0.3, -0.25) is 4.72 Å². The molecule has 10 heteroatoms. The van der Waals surface area contributed by atoms with Gasteiger partial charge in [-0.15, -0.1) is 0 Å². The largest absolute Gasteiger partial charge is 0.495 e. The van der Waals surface area contributed by atoms with Crippen molar-refractivity contribution in [2.75, 3.05) is 11.8 Å². The first-order valence-corrected chi connectivity index (χ1v) is 9.40. The zero-order valence-electron chi connectivity index (χ0n) is 14.7. The van der Waals surface area contributed by atoms with Crippen LogP contribution in [0.1, 0.15) is 11.3 Å². The van der Waals surface area contributed by atoms with Crippen LogP contribution in [0, 0.1) is 6.92 Å². The lowest BCUT2D eigenvalue weighted by molar-refractivity contribution is -0.137. The number of ether oxygens (including phenoxy) is 1. The third-order valence-electron chi connectivity index (χ3n) is 3.81. The van der Waals surface area contributed by atoms with Crippen molar-refractivity contribution in [3.63, 3.8) is 0 Å². The molecule has 1 aromatic heterocycles. The van der Waals surface area contributed by atoms with E-state index in [1.807, 2.05) is 0 Å². The quantitative estimate of drug-likeness (QED) is 0.668. The summed E-state index contributed by atoms with van der Waals surface area (Å²) in [4.78, 5) is -0.229. The lowest BCUT2D eigenvalue weighted by Crippen LogP contribution is -2.15. The average Bonchev–Trinajstić information content (AvgIpc) is 3.06. The van der Waals surface area contributed by atoms with Crippen LogP contribution in [0.15, 0.2) is 57.9 Å². The van der Waals surface area contributed by atoms with Crippen LogP contribution < -0.4 is 9.46 Å². The van der Waals surface area contributed by atoms with Crippen LogP contribution in [0.2, 0.25) is 0 Å². The fourth-order valence-electron chi connectivity index (χ4n) is 2.51. The van der Waals surface area contributed by atoms with Gasteiger partial charge in [0.1, 0.15) is 10.6 Å². The van der Waals surface area contributed by atoms with E-state index in [-0.39, 0.29) is 16.3 Å². The molecule has 0 radical (unpaired) electrons. The minimum Gasteiger partial charge on any atom is -0.495 e. The number of hydrogen-bond donors (Lipinski definition) is 1. The van der Waals surface area contributed by atoms with Crippen molar-refractivity contribution < 1.29 is 30.8 Å². The Morgan fingerprint density at radius 2 is 1.86 bits per heavy atom. The van der Waals surface area contributed by atoms with E-state index in [4.69, 9.17) is 9.26 Å². The van der Waals surface area contributed by atoms with Crippen LogP contribution >= 0.6 is 0 Å². The molecule has 0 fully saturated rings. The van der Waals surface area contributed by atoms with Gasteiger partial charge in [0, 0.05) is 17.3 Å². The molecule has 0 atom stereocenters. The highest BCUT2D eigenvalue weighted by Gasteiger charge is 2.31. The second kappa shape index (κ2) is 7.19. The Balaban J connectivity index is 1.95. The van der Waals surface area contributed by atoms with Crippen molar-refractivity contribution >= 4 is 15.7 Å². The molecular formula is C18H15F3N2O4S. The number of nitrogens with zero attached hydrogens (tertiary/aromatic N) is 1. The topological polar surface area (TPSA) is 81.4 Å². The van der Waals surface area contributed by atoms with Gasteiger partial charge in [-0.1, -0.05) is 11.2 Å². The van der Waals surface area contributed by atoms with Gasteiger partial charge in [-0.25, -0.2) is 8.42 Å². The van der Waals surface area contributed by atoms with E-state index in [1.54, 1.807) is 13.0 Å². The van der Waals surface area contributed by atoms with Crippen LogP contribution in [0.25, 0.3) is 11.3 Å². The monoisotopic (exact) mass is 412 g/mol. The van der Waals surface area contributed by atoms with E-state index in [1.165, 1.54) is 31.4 Å². The van der Waals surface area contributed by atoms with Crippen molar-refractivity contribution in [1.29, 1.82) is 0 Å². The summed E-state index contributed by atoms with van der Waals surface area (Å²) in [5.74, 6) is 0.427. The molecule has 0 aliphatic heterocycles. The highest BCUT2D eigenvalue weighted by Crippen LogP contribution is 2.33. The summed E-state index contributed by atoms with van der Waals surface area (Å²) in [6.07, 6.45) is -4.59. The Bertz CT molecular complexity index is 1110. The SMILES string of the molecule is COc1cc(-c2cc(C)no2)ccc1S(=O)(=O)Nc1cccc(C(F)(F)F)c1. The number of halogens is 3. The summed E-state index contributed by atoms with van der Waals surface area (Å²) in [6, 6.07) is 9.80. The maximum atomic E-state index is 12.8. The lowest BCUT2D eigenvalue weighted by Gasteiger charge is -2.14. The first-order valence-electron chi connectivity index (χ1n) is 7.92. The minimum absolute atomic E-state index is 0.00558. The summed E-state index contributed by atoms with van der Waals surface area (Å²) >= 11 is 0. The van der Waals surface area contributed by atoms with Crippen LogP contribution in [0.3, 0.4) is 0 Å². The van der Waals surface area contributed by atoms with Crippen molar-refractivity contribution in [2.24, 2.45) is 0 Å². The fourth-order valence-corrected chi connectivity index (χ4v) is 3.71. The first kappa shape index (κ1) is 19.7. The smallest absolute Gasteiger partial charge is 0.416 e. The Hall–Kier alpha value is -3.01. The normalized spacial score (nSPS) is 12.0. The third kappa shape index (κ3) is 4.11. The highest BCUT2D eigenvalue weighted by atomic mass is 32.2. The molecule has 148 valence electrons. The number of nitrogens with one attached hydrogen (secondary N) is 1. The van der Waals surface area contributed by atoms with Gasteiger partial charge in [0.2, 0.25) is 0 Å². The van der Waals surface area contributed by atoms with E-state index in [0.29, 0.717) is 17.0 Å². The standard InChI is InChI=1S/C18H15F3N2O4S/c1-11-8-15(27-22-11)12-6-7-17(16(9-12)26-2)28(24,25)23-14-5-3-4-13(10-14)18(19,20)21/h3-10,23H,1-2H3. The zero-order chi connectivity index (χ0) is 20.5. The second-order valence-corrected chi connectivity index (χ2v) is 7.53. The molecule has 0 unspecified atom stereocenters. The van der Waals surface area contributed by atoms with Crippen LogP contribution in [0.5, 0.6) is 5.75 Å². The number of alkyl halides is 3. The average molecular weight is 412 g/mol. The maximum absolute atomic E-state index is 12.8. The van der Waals surface area contributed by atoms with Crippen molar-refractivity contribution in [3.8, 4) is 17.1 Å². The summed E-state index contributed by atoms with van der Waals surface area (Å²) < 4.78 is 76.3. The van der Waals surface area contributed by atoms with Gasteiger partial charge < -0.3 is 9.26 Å². The van der Waals surface area contributed by atoms with E-state index < -0.39 is 21.8 Å². The number of hydrogen-bond acceptors (Lipinski definition) is 5. The molecule has 0 spiro atoms. The van der Waals surface area contributed by atoms with Gasteiger partial charge in [-0.05, 0) is 43.3 Å². The summed E-state index contributed by atoms with van der Waals surface area (Å²) in [5, 5.41) is 3.77. The van der Waals surface area contributed by atoms with Crippen LogP contribution in [-0.4, -0.2) is 20.7 Å². The molecule has 3 rings (SSSR count). The molecule has 1 heterocycles. The number of methoxy groups -OCH3 is 1. The molecule has 0 amide bonds. The molecule has 3 aromatic rings. The highest BCUT2D eigenvalue weighted by molar-refractivity contribution is 7.92. The number of anilines is 1. The third-order valence-corrected chi connectivity index (χ3v) is 5.23. The summed E-state index contributed by atoms with van der Waals surface area (Å²) in [7, 11) is -2.91. The predicted molar refractivity (Wildman–Crippen MR) is 95.5 cm³/mol. The van der Waals surface area contributed by atoms with Crippen LogP contribution in [0.4, 0.5) is 18.9 Å². The predicted octanol–water partition coefficient (Wildman–Crippen LogP) is 4.48. The van der Waals surface area contributed by atoms with E-state index in [0.717, 1.165) is 18.2 Å². The van der Waals surface area contributed by atoms with Gasteiger partial charge in [0.05, 0.1) is 18.4 Å².